The van der Waals surface area contributed by atoms with Crippen molar-refractivity contribution in [2.75, 3.05) is 42.3 Å². The molecule has 0 spiro atoms. The van der Waals surface area contributed by atoms with Crippen molar-refractivity contribution in [3.63, 3.8) is 0 Å². The number of carbonyl (C=O) groups excluding carboxylic acids is 1. The molecule has 0 bridgehead atoms. The fourth-order valence-electron chi connectivity index (χ4n) is 4.30. The number of morpholine rings is 1. The number of alkyl halides is 3. The number of pyridine rings is 1. The number of allylic oxidation sites excluding steroid dienone is 2. The van der Waals surface area contributed by atoms with Crippen molar-refractivity contribution in [3.8, 4) is 0 Å². The quantitative estimate of drug-likeness (QED) is 0.256. The summed E-state index contributed by atoms with van der Waals surface area (Å²) in [7, 11) is 0. The van der Waals surface area contributed by atoms with E-state index in [0.717, 1.165) is 31.0 Å². The molecule has 1 amide bonds. The molecule has 40 heavy (non-hydrogen) atoms. The van der Waals surface area contributed by atoms with Gasteiger partial charge in [0.15, 0.2) is 0 Å². The standard InChI is InChI=1S/C29H25F3N6O2/c30-29(31,32)22-10-7-19(8-11-22)23(20-9-12-25(34-17-20)38-13-15-40-16-14-38)4-2-6-26(39)36-24-5-1-3-21-18-35-28(33)37-27(21)24/h1-12,17-18H,13-16H2,(H,36,39)(H2,33,35,37). The summed E-state index contributed by atoms with van der Waals surface area (Å²) in [6.07, 6.45) is 3.31. The van der Waals surface area contributed by atoms with Crippen LogP contribution in [0.2, 0.25) is 0 Å². The highest BCUT2D eigenvalue weighted by Gasteiger charge is 2.30. The number of nitrogens with zero attached hydrogens (tertiary/aromatic N) is 4. The molecule has 0 unspecified atom stereocenters. The van der Waals surface area contributed by atoms with Crippen LogP contribution < -0.4 is 16.0 Å². The maximum absolute atomic E-state index is 13.1. The third-order valence-electron chi connectivity index (χ3n) is 6.32. The summed E-state index contributed by atoms with van der Waals surface area (Å²) in [6.45, 7) is 2.68. The van der Waals surface area contributed by atoms with Gasteiger partial charge in [0.1, 0.15) is 5.82 Å². The highest BCUT2D eigenvalue weighted by atomic mass is 19.4. The number of hydrogen-bond acceptors (Lipinski definition) is 7. The van der Waals surface area contributed by atoms with Gasteiger partial charge in [0, 0.05) is 42.5 Å². The van der Waals surface area contributed by atoms with Crippen molar-refractivity contribution >= 4 is 39.8 Å². The van der Waals surface area contributed by atoms with Gasteiger partial charge < -0.3 is 20.7 Å². The number of aromatic nitrogens is 3. The van der Waals surface area contributed by atoms with Crippen molar-refractivity contribution in [2.45, 2.75) is 6.18 Å². The highest BCUT2D eigenvalue weighted by molar-refractivity contribution is 6.05. The number of benzene rings is 2. The van der Waals surface area contributed by atoms with Crippen LogP contribution in [0.15, 0.2) is 85.2 Å². The topological polar surface area (TPSA) is 106 Å². The predicted molar refractivity (Wildman–Crippen MR) is 148 cm³/mol. The molecule has 2 aromatic heterocycles. The molecular formula is C29H25F3N6O2. The summed E-state index contributed by atoms with van der Waals surface area (Å²) in [5, 5.41) is 3.50. The van der Waals surface area contributed by atoms with Crippen molar-refractivity contribution in [2.24, 2.45) is 0 Å². The molecule has 204 valence electrons. The molecule has 0 saturated carbocycles. The Bertz CT molecular complexity index is 1560. The van der Waals surface area contributed by atoms with Crippen LogP contribution in [0.25, 0.3) is 16.5 Å². The second kappa shape index (κ2) is 11.5. The van der Waals surface area contributed by atoms with Crippen molar-refractivity contribution in [1.82, 2.24) is 15.0 Å². The fourth-order valence-corrected chi connectivity index (χ4v) is 4.30. The minimum absolute atomic E-state index is 0.0853. The van der Waals surface area contributed by atoms with Gasteiger partial charge in [-0.05, 0) is 41.5 Å². The van der Waals surface area contributed by atoms with Gasteiger partial charge in [0.2, 0.25) is 11.9 Å². The number of nitrogen functional groups attached to an aromatic ring is 1. The van der Waals surface area contributed by atoms with Crippen LogP contribution >= 0.6 is 0 Å². The lowest BCUT2D eigenvalue weighted by Crippen LogP contribution is -2.36. The molecule has 0 radical (unpaired) electrons. The van der Waals surface area contributed by atoms with Crippen molar-refractivity contribution in [1.29, 1.82) is 0 Å². The smallest absolute Gasteiger partial charge is 0.378 e. The third kappa shape index (κ3) is 6.26. The third-order valence-corrected chi connectivity index (χ3v) is 6.32. The van der Waals surface area contributed by atoms with Crippen molar-refractivity contribution < 1.29 is 22.7 Å². The Kier molecular flexibility index (Phi) is 7.74. The van der Waals surface area contributed by atoms with E-state index in [0.29, 0.717) is 46.5 Å². The molecule has 2 aromatic carbocycles. The Morgan fingerprint density at radius 1 is 0.975 bits per heavy atom. The van der Waals surface area contributed by atoms with Crippen LogP contribution in [0.4, 0.5) is 30.6 Å². The largest absolute Gasteiger partial charge is 0.416 e. The minimum atomic E-state index is -4.45. The molecule has 1 aliphatic heterocycles. The highest BCUT2D eigenvalue weighted by Crippen LogP contribution is 2.32. The van der Waals surface area contributed by atoms with Gasteiger partial charge in [-0.1, -0.05) is 36.4 Å². The van der Waals surface area contributed by atoms with Gasteiger partial charge in [-0.3, -0.25) is 4.79 Å². The molecule has 1 aliphatic rings. The number of rotatable bonds is 6. The second-order valence-electron chi connectivity index (χ2n) is 8.98. The van der Waals surface area contributed by atoms with Crippen LogP contribution in [-0.2, 0) is 15.7 Å². The van der Waals surface area contributed by atoms with E-state index in [9.17, 15) is 18.0 Å². The first-order chi connectivity index (χ1) is 19.3. The molecule has 8 nitrogen and oxygen atoms in total. The van der Waals surface area contributed by atoms with E-state index in [1.807, 2.05) is 12.1 Å². The first-order valence-electron chi connectivity index (χ1n) is 12.5. The number of para-hydroxylation sites is 1. The predicted octanol–water partition coefficient (Wildman–Crippen LogP) is 5.09. The van der Waals surface area contributed by atoms with E-state index in [-0.39, 0.29) is 5.95 Å². The van der Waals surface area contributed by atoms with Gasteiger partial charge in [0.05, 0.1) is 30.0 Å². The second-order valence-corrected chi connectivity index (χ2v) is 8.98. The summed E-state index contributed by atoms with van der Waals surface area (Å²) >= 11 is 0. The molecule has 0 aliphatic carbocycles. The summed E-state index contributed by atoms with van der Waals surface area (Å²) in [6, 6.07) is 13.9. The number of nitrogens with two attached hydrogens (primary N) is 1. The zero-order chi connectivity index (χ0) is 28.1. The average Bonchev–Trinajstić information content (AvgIpc) is 2.96. The maximum atomic E-state index is 13.1. The molecule has 11 heteroatoms. The molecule has 0 atom stereocenters. The lowest BCUT2D eigenvalue weighted by Gasteiger charge is -2.27. The molecule has 1 fully saturated rings. The first kappa shape index (κ1) is 26.8. The molecule has 3 heterocycles. The minimum Gasteiger partial charge on any atom is -0.378 e. The Morgan fingerprint density at radius 3 is 2.42 bits per heavy atom. The molecular weight excluding hydrogens is 521 g/mol. The van der Waals surface area contributed by atoms with E-state index in [2.05, 4.69) is 25.2 Å². The number of fused-ring (bicyclic) bond motifs is 1. The first-order valence-corrected chi connectivity index (χ1v) is 12.5. The van der Waals surface area contributed by atoms with Crippen LogP contribution in [0.1, 0.15) is 16.7 Å². The number of ether oxygens (including phenoxy) is 1. The zero-order valence-corrected chi connectivity index (χ0v) is 21.2. The molecule has 1 saturated heterocycles. The lowest BCUT2D eigenvalue weighted by atomic mass is 9.97. The Morgan fingerprint density at radius 2 is 1.73 bits per heavy atom. The monoisotopic (exact) mass is 546 g/mol. The molecule has 5 rings (SSSR count). The van der Waals surface area contributed by atoms with Gasteiger partial charge in [-0.25, -0.2) is 15.0 Å². The van der Waals surface area contributed by atoms with Gasteiger partial charge >= 0.3 is 6.18 Å². The van der Waals surface area contributed by atoms with Crippen LogP contribution in [-0.4, -0.2) is 47.2 Å². The lowest BCUT2D eigenvalue weighted by molar-refractivity contribution is -0.137. The maximum Gasteiger partial charge on any atom is 0.416 e. The van der Waals surface area contributed by atoms with E-state index < -0.39 is 17.6 Å². The normalized spacial score (nSPS) is 14.6. The Balaban J connectivity index is 1.41. The summed E-state index contributed by atoms with van der Waals surface area (Å²) < 4.78 is 44.8. The Hall–Kier alpha value is -4.77. The number of hydrogen-bond donors (Lipinski definition) is 2. The summed E-state index contributed by atoms with van der Waals surface area (Å²) in [4.78, 5) is 27.5. The van der Waals surface area contributed by atoms with E-state index in [1.54, 1.807) is 36.7 Å². The summed E-state index contributed by atoms with van der Waals surface area (Å²) in [5.74, 6) is 0.448. The van der Waals surface area contributed by atoms with Crippen LogP contribution in [0, 0.1) is 0 Å². The zero-order valence-electron chi connectivity index (χ0n) is 21.2. The number of nitrogens with one attached hydrogen (secondary N) is 1. The Labute approximate surface area is 228 Å². The number of carbonyl (C=O) groups is 1. The summed E-state index contributed by atoms with van der Waals surface area (Å²) in [5.41, 5.74) is 7.75. The fraction of sp³-hybridized carbons (Fsp3) is 0.172. The van der Waals surface area contributed by atoms with Gasteiger partial charge in [-0.15, -0.1) is 0 Å². The number of amides is 1. The SMILES string of the molecule is Nc1ncc2cccc(NC(=O)C=CC=C(c3ccc(C(F)(F)F)cc3)c3ccc(N4CCOCC4)nc3)c2n1. The molecule has 3 N–H and O–H groups in total. The number of halogens is 3. The number of anilines is 3. The van der Waals surface area contributed by atoms with Crippen molar-refractivity contribution in [3.05, 3.63) is 102 Å². The van der Waals surface area contributed by atoms with E-state index >= 15 is 0 Å². The average molecular weight is 547 g/mol. The van der Waals surface area contributed by atoms with Crippen LogP contribution in [0.5, 0.6) is 0 Å². The molecule has 4 aromatic rings. The van der Waals surface area contributed by atoms with Crippen LogP contribution in [0.3, 0.4) is 0 Å². The van der Waals surface area contributed by atoms with E-state index in [4.69, 9.17) is 10.5 Å². The van der Waals surface area contributed by atoms with Gasteiger partial charge in [-0.2, -0.15) is 13.2 Å². The van der Waals surface area contributed by atoms with Gasteiger partial charge in [0.25, 0.3) is 0 Å². The van der Waals surface area contributed by atoms with E-state index in [1.165, 1.54) is 24.3 Å².